The molecule has 110 valence electrons. The summed E-state index contributed by atoms with van der Waals surface area (Å²) in [5.41, 5.74) is 0.115. The summed E-state index contributed by atoms with van der Waals surface area (Å²) in [5, 5.41) is 3.06. The molecule has 20 heavy (non-hydrogen) atoms. The van der Waals surface area contributed by atoms with Crippen molar-refractivity contribution in [3.05, 3.63) is 18.1 Å². The summed E-state index contributed by atoms with van der Waals surface area (Å²) in [6.45, 7) is 6.09. The Labute approximate surface area is 119 Å². The van der Waals surface area contributed by atoms with Crippen molar-refractivity contribution in [3.63, 3.8) is 0 Å². The molecule has 0 saturated carbocycles. The quantitative estimate of drug-likeness (QED) is 0.905. The van der Waals surface area contributed by atoms with E-state index >= 15 is 0 Å². The smallest absolute Gasteiger partial charge is 0.274 e. The summed E-state index contributed by atoms with van der Waals surface area (Å²) >= 11 is 0. The molecular weight excluding hydrogens is 256 g/mol. The van der Waals surface area contributed by atoms with Gasteiger partial charge >= 0.3 is 0 Å². The van der Waals surface area contributed by atoms with E-state index in [-0.39, 0.29) is 11.5 Å². The van der Waals surface area contributed by atoms with Gasteiger partial charge in [0.2, 0.25) is 0 Å². The number of ether oxygens (including phenoxy) is 1. The number of nitrogens with one attached hydrogen (secondary N) is 1. The molecule has 0 aliphatic carbocycles. The average molecular weight is 278 g/mol. The molecule has 0 radical (unpaired) electrons. The molecule has 1 aromatic heterocycles. The molecule has 1 saturated heterocycles. The summed E-state index contributed by atoms with van der Waals surface area (Å²) < 4.78 is 5.51. The molecule has 1 aliphatic heterocycles. The molecule has 2 heterocycles. The first kappa shape index (κ1) is 14.7. The Morgan fingerprint density at radius 2 is 2.35 bits per heavy atom. The normalized spacial score (nSPS) is 22.6. The molecular formula is C14H22N4O2. The van der Waals surface area contributed by atoms with Crippen LogP contribution < -0.4 is 5.32 Å². The van der Waals surface area contributed by atoms with E-state index in [4.69, 9.17) is 4.74 Å². The highest BCUT2D eigenvalue weighted by molar-refractivity contribution is 5.92. The molecule has 2 rings (SSSR count). The molecule has 0 aromatic carbocycles. The van der Waals surface area contributed by atoms with Crippen LogP contribution >= 0.6 is 0 Å². The maximum absolute atomic E-state index is 12.5. The average Bonchev–Trinajstić information content (AvgIpc) is 2.47. The van der Waals surface area contributed by atoms with Gasteiger partial charge in [-0.25, -0.2) is 4.98 Å². The number of anilines is 1. The molecule has 1 N–H and O–H groups in total. The van der Waals surface area contributed by atoms with Crippen molar-refractivity contribution in [3.8, 4) is 0 Å². The molecule has 1 unspecified atom stereocenters. The first-order valence-corrected chi connectivity index (χ1v) is 6.98. The van der Waals surface area contributed by atoms with Gasteiger partial charge in [0.05, 0.1) is 18.0 Å². The van der Waals surface area contributed by atoms with Gasteiger partial charge in [-0.2, -0.15) is 0 Å². The second kappa shape index (κ2) is 6.17. The lowest BCUT2D eigenvalue weighted by molar-refractivity contribution is -0.0441. The van der Waals surface area contributed by atoms with Crippen molar-refractivity contribution in [1.29, 1.82) is 0 Å². The Morgan fingerprint density at radius 1 is 1.55 bits per heavy atom. The number of carbonyl (C=O) groups is 1. The molecule has 1 aliphatic rings. The molecule has 0 bridgehead atoms. The van der Waals surface area contributed by atoms with E-state index in [1.165, 1.54) is 6.20 Å². The fraction of sp³-hybridized carbons (Fsp3) is 0.643. The molecule has 6 nitrogen and oxygen atoms in total. The van der Waals surface area contributed by atoms with Gasteiger partial charge in [0.15, 0.2) is 0 Å². The van der Waals surface area contributed by atoms with Crippen molar-refractivity contribution in [2.75, 3.05) is 32.1 Å². The van der Waals surface area contributed by atoms with E-state index < -0.39 is 0 Å². The first-order valence-electron chi connectivity index (χ1n) is 6.98. The number of hydrogen-bond acceptors (Lipinski definition) is 5. The highest BCUT2D eigenvalue weighted by Crippen LogP contribution is 2.24. The number of carbonyl (C=O) groups excluding carboxylic acids is 1. The lowest BCUT2D eigenvalue weighted by Crippen LogP contribution is -2.49. The minimum absolute atomic E-state index is 0.0831. The number of piperidine rings is 1. The van der Waals surface area contributed by atoms with E-state index in [9.17, 15) is 4.79 Å². The monoisotopic (exact) mass is 278 g/mol. The van der Waals surface area contributed by atoms with Crippen molar-refractivity contribution in [2.24, 2.45) is 0 Å². The molecule has 1 amide bonds. The Balaban J connectivity index is 2.12. The third kappa shape index (κ3) is 3.25. The second-order valence-corrected chi connectivity index (χ2v) is 5.30. The molecule has 1 aromatic rings. The van der Waals surface area contributed by atoms with Gasteiger partial charge in [-0.15, -0.1) is 0 Å². The van der Waals surface area contributed by atoms with Crippen LogP contribution in [0.3, 0.4) is 0 Å². The maximum Gasteiger partial charge on any atom is 0.274 e. The summed E-state index contributed by atoms with van der Waals surface area (Å²) in [6, 6.07) is 0. The summed E-state index contributed by atoms with van der Waals surface area (Å²) in [5.74, 6) is 0.546. The molecule has 6 heteroatoms. The minimum Gasteiger partial charge on any atom is -0.377 e. The zero-order chi connectivity index (χ0) is 14.6. The van der Waals surface area contributed by atoms with Gasteiger partial charge in [0, 0.05) is 26.7 Å². The predicted octanol–water partition coefficient (Wildman–Crippen LogP) is 1.55. The number of nitrogens with zero attached hydrogens (tertiary/aromatic N) is 3. The van der Waals surface area contributed by atoms with Crippen molar-refractivity contribution >= 4 is 11.7 Å². The van der Waals surface area contributed by atoms with Crippen molar-refractivity contribution in [2.45, 2.75) is 32.3 Å². The standard InChI is InChI=1S/C14H22N4O2/c1-4-16-12-9-15-8-11(17-12)13(19)18-7-5-6-14(2,10-18)20-3/h8-9H,4-7,10H2,1-3H3,(H,16,17). The molecule has 0 spiro atoms. The number of likely N-dealkylation sites (tertiary alicyclic amines) is 1. The second-order valence-electron chi connectivity index (χ2n) is 5.30. The van der Waals surface area contributed by atoms with Crippen LogP contribution in [0.15, 0.2) is 12.4 Å². The van der Waals surface area contributed by atoms with Gasteiger partial charge in [-0.05, 0) is 26.7 Å². The van der Waals surface area contributed by atoms with E-state index in [1.807, 2.05) is 13.8 Å². The highest BCUT2D eigenvalue weighted by Gasteiger charge is 2.33. The predicted molar refractivity (Wildman–Crippen MR) is 76.7 cm³/mol. The van der Waals surface area contributed by atoms with Gasteiger partial charge in [0.1, 0.15) is 11.5 Å². The third-order valence-electron chi connectivity index (χ3n) is 3.65. The fourth-order valence-corrected chi connectivity index (χ4v) is 2.44. The summed E-state index contributed by atoms with van der Waals surface area (Å²) in [4.78, 5) is 22.7. The van der Waals surface area contributed by atoms with Crippen LogP contribution in [-0.4, -0.2) is 53.1 Å². The van der Waals surface area contributed by atoms with Crippen molar-refractivity contribution in [1.82, 2.24) is 14.9 Å². The first-order chi connectivity index (χ1) is 9.58. The number of rotatable bonds is 4. The minimum atomic E-state index is -0.263. The van der Waals surface area contributed by atoms with Crippen LogP contribution in [0.25, 0.3) is 0 Å². The number of aromatic nitrogens is 2. The van der Waals surface area contributed by atoms with Crippen LogP contribution in [0, 0.1) is 0 Å². The van der Waals surface area contributed by atoms with E-state index in [1.54, 1.807) is 18.2 Å². The summed E-state index contributed by atoms with van der Waals surface area (Å²) in [6.07, 6.45) is 5.05. The largest absolute Gasteiger partial charge is 0.377 e. The van der Waals surface area contributed by atoms with Crippen LogP contribution in [0.2, 0.25) is 0 Å². The van der Waals surface area contributed by atoms with Crippen molar-refractivity contribution < 1.29 is 9.53 Å². The topological polar surface area (TPSA) is 67.4 Å². The number of methoxy groups -OCH3 is 1. The molecule has 1 atom stereocenters. The fourth-order valence-electron chi connectivity index (χ4n) is 2.44. The zero-order valence-electron chi connectivity index (χ0n) is 12.3. The van der Waals surface area contributed by atoms with Crippen LogP contribution in [0.4, 0.5) is 5.82 Å². The molecule has 1 fully saturated rings. The van der Waals surface area contributed by atoms with E-state index in [0.29, 0.717) is 18.1 Å². The third-order valence-corrected chi connectivity index (χ3v) is 3.65. The van der Waals surface area contributed by atoms with Gasteiger partial charge in [-0.3, -0.25) is 9.78 Å². The maximum atomic E-state index is 12.5. The van der Waals surface area contributed by atoms with Gasteiger partial charge < -0.3 is 15.0 Å². The zero-order valence-corrected chi connectivity index (χ0v) is 12.3. The van der Waals surface area contributed by atoms with E-state index in [0.717, 1.165) is 25.9 Å². The summed E-state index contributed by atoms with van der Waals surface area (Å²) in [7, 11) is 1.69. The lowest BCUT2D eigenvalue weighted by atomic mass is 9.94. The Bertz CT molecular complexity index is 480. The van der Waals surface area contributed by atoms with Crippen LogP contribution in [-0.2, 0) is 4.74 Å². The highest BCUT2D eigenvalue weighted by atomic mass is 16.5. The van der Waals surface area contributed by atoms with Gasteiger partial charge in [-0.1, -0.05) is 0 Å². The Morgan fingerprint density at radius 3 is 3.05 bits per heavy atom. The number of hydrogen-bond donors (Lipinski definition) is 1. The lowest BCUT2D eigenvalue weighted by Gasteiger charge is -2.39. The van der Waals surface area contributed by atoms with Crippen LogP contribution in [0.1, 0.15) is 37.2 Å². The Kier molecular flexibility index (Phi) is 4.54. The SMILES string of the molecule is CCNc1cncc(C(=O)N2CCCC(C)(OC)C2)n1. The number of amides is 1. The van der Waals surface area contributed by atoms with Gasteiger partial charge in [0.25, 0.3) is 5.91 Å². The van der Waals surface area contributed by atoms with Crippen LogP contribution in [0.5, 0.6) is 0 Å². The Hall–Kier alpha value is -1.69. The van der Waals surface area contributed by atoms with E-state index in [2.05, 4.69) is 15.3 Å².